The number of thioether (sulfide) groups is 1. The molecule has 0 aliphatic carbocycles. The van der Waals surface area contributed by atoms with Gasteiger partial charge in [0.1, 0.15) is 10.8 Å². The van der Waals surface area contributed by atoms with Crippen molar-refractivity contribution in [2.45, 2.75) is 6.42 Å². The van der Waals surface area contributed by atoms with Gasteiger partial charge >= 0.3 is 5.97 Å². The van der Waals surface area contributed by atoms with Crippen molar-refractivity contribution in [3.63, 3.8) is 0 Å². The normalized spacial score (nSPS) is 13.4. The van der Waals surface area contributed by atoms with E-state index in [1.807, 2.05) is 0 Å². The monoisotopic (exact) mass is 324 g/mol. The molecule has 22 heavy (non-hydrogen) atoms. The van der Waals surface area contributed by atoms with Gasteiger partial charge in [-0.05, 0) is 6.07 Å². The molecular weight excluding hydrogens is 308 g/mol. The molecule has 2 rings (SSSR count). The lowest BCUT2D eigenvalue weighted by molar-refractivity contribution is -0.133. The van der Waals surface area contributed by atoms with E-state index in [-0.39, 0.29) is 5.75 Å². The van der Waals surface area contributed by atoms with Gasteiger partial charge in [0.2, 0.25) is 0 Å². The number of ether oxygens (including phenoxy) is 3. The zero-order valence-electron chi connectivity index (χ0n) is 12.5. The third kappa shape index (κ3) is 3.51. The van der Waals surface area contributed by atoms with Gasteiger partial charge in [-0.25, -0.2) is 0 Å². The molecule has 7 nitrogen and oxygen atoms in total. The zero-order chi connectivity index (χ0) is 16.1. The minimum absolute atomic E-state index is 0.0370. The summed E-state index contributed by atoms with van der Waals surface area (Å²) >= 11 is 1.16. The summed E-state index contributed by atoms with van der Waals surface area (Å²) in [6, 6.07) is 3.50. The molecule has 1 aliphatic heterocycles. The van der Waals surface area contributed by atoms with Gasteiger partial charge < -0.3 is 19.3 Å². The van der Waals surface area contributed by atoms with Gasteiger partial charge in [-0.3, -0.25) is 4.79 Å². The number of nitrogens with zero attached hydrogens (tertiary/aromatic N) is 2. The molecule has 0 bridgehead atoms. The molecule has 0 saturated carbocycles. The summed E-state index contributed by atoms with van der Waals surface area (Å²) < 4.78 is 15.9. The van der Waals surface area contributed by atoms with E-state index in [0.717, 1.165) is 17.3 Å². The first kappa shape index (κ1) is 16.2. The van der Waals surface area contributed by atoms with Crippen molar-refractivity contribution in [3.05, 3.63) is 17.7 Å². The van der Waals surface area contributed by atoms with Crippen LogP contribution in [0, 0.1) is 0 Å². The van der Waals surface area contributed by atoms with Crippen LogP contribution >= 0.6 is 11.8 Å². The third-order valence-electron chi connectivity index (χ3n) is 2.98. The summed E-state index contributed by atoms with van der Waals surface area (Å²) in [6.07, 6.45) is 0.462. The quantitative estimate of drug-likeness (QED) is 0.861. The van der Waals surface area contributed by atoms with Crippen LogP contribution < -0.4 is 14.2 Å². The van der Waals surface area contributed by atoms with E-state index in [9.17, 15) is 4.79 Å². The van der Waals surface area contributed by atoms with E-state index in [4.69, 9.17) is 19.3 Å². The minimum Gasteiger partial charge on any atom is -0.496 e. The van der Waals surface area contributed by atoms with Crippen LogP contribution in [0.2, 0.25) is 0 Å². The fraction of sp³-hybridized carbons (Fsp3) is 0.357. The summed E-state index contributed by atoms with van der Waals surface area (Å²) in [5.41, 5.74) is 1.44. The Morgan fingerprint density at radius 1 is 1.14 bits per heavy atom. The molecule has 118 valence electrons. The molecule has 0 amide bonds. The van der Waals surface area contributed by atoms with Crippen molar-refractivity contribution in [1.29, 1.82) is 0 Å². The summed E-state index contributed by atoms with van der Waals surface area (Å²) in [7, 11) is 4.66. The molecular formula is C14H16N2O5S. The highest BCUT2D eigenvalue weighted by molar-refractivity contribution is 8.14. The van der Waals surface area contributed by atoms with Crippen LogP contribution in [-0.2, 0) is 4.79 Å². The Kier molecular flexibility index (Phi) is 5.26. The number of hydrogen-bond donors (Lipinski definition) is 1. The van der Waals surface area contributed by atoms with E-state index in [1.54, 1.807) is 33.5 Å². The standard InChI is InChI=1S/C14H16N2O5S/c1-19-10-6-12(21-3)11(20-2)4-8(10)9-5-13(16-15-9)22-7-14(17)18/h4,6H,5,7H2,1-3H3,(H,17,18). The van der Waals surface area contributed by atoms with Crippen LogP contribution in [0.5, 0.6) is 17.2 Å². The lowest BCUT2D eigenvalue weighted by Gasteiger charge is -2.13. The number of benzene rings is 1. The van der Waals surface area contributed by atoms with Gasteiger partial charge in [0.05, 0.1) is 32.8 Å². The number of carbonyl (C=O) groups is 1. The number of aliphatic carboxylic acids is 1. The molecule has 0 atom stereocenters. The average molecular weight is 324 g/mol. The van der Waals surface area contributed by atoms with E-state index in [2.05, 4.69) is 10.2 Å². The second-order valence-corrected chi connectivity index (χ2v) is 5.36. The van der Waals surface area contributed by atoms with Gasteiger partial charge in [0.15, 0.2) is 11.5 Å². The molecule has 8 heteroatoms. The molecule has 1 aromatic carbocycles. The van der Waals surface area contributed by atoms with Gasteiger partial charge in [-0.1, -0.05) is 11.8 Å². The molecule has 0 unspecified atom stereocenters. The lowest BCUT2D eigenvalue weighted by Crippen LogP contribution is -2.07. The molecule has 1 N–H and O–H groups in total. The predicted molar refractivity (Wildman–Crippen MR) is 84.8 cm³/mol. The van der Waals surface area contributed by atoms with Crippen LogP contribution in [0.1, 0.15) is 12.0 Å². The molecule has 0 radical (unpaired) electrons. The first-order valence-corrected chi connectivity index (χ1v) is 7.36. The van der Waals surface area contributed by atoms with Crippen LogP contribution in [0.4, 0.5) is 0 Å². The maximum absolute atomic E-state index is 10.6. The van der Waals surface area contributed by atoms with Crippen LogP contribution in [0.25, 0.3) is 0 Å². The lowest BCUT2D eigenvalue weighted by atomic mass is 10.1. The second kappa shape index (κ2) is 7.17. The summed E-state index contributed by atoms with van der Waals surface area (Å²) in [4.78, 5) is 10.6. The highest BCUT2D eigenvalue weighted by atomic mass is 32.2. The molecule has 1 aliphatic rings. The Morgan fingerprint density at radius 2 is 1.77 bits per heavy atom. The van der Waals surface area contributed by atoms with Crippen molar-refractivity contribution in [3.8, 4) is 17.2 Å². The van der Waals surface area contributed by atoms with E-state index >= 15 is 0 Å². The van der Waals surface area contributed by atoms with Crippen molar-refractivity contribution in [2.75, 3.05) is 27.1 Å². The highest BCUT2D eigenvalue weighted by Crippen LogP contribution is 2.36. The first-order chi connectivity index (χ1) is 10.6. The molecule has 1 aromatic rings. The molecule has 0 saturated heterocycles. The Hall–Kier alpha value is -2.22. The topological polar surface area (TPSA) is 89.7 Å². The van der Waals surface area contributed by atoms with Crippen molar-refractivity contribution in [1.82, 2.24) is 0 Å². The Morgan fingerprint density at radius 3 is 2.36 bits per heavy atom. The predicted octanol–water partition coefficient (Wildman–Crippen LogP) is 2.04. The number of carboxylic acids is 1. The van der Waals surface area contributed by atoms with E-state index < -0.39 is 5.97 Å². The molecule has 0 aromatic heterocycles. The highest BCUT2D eigenvalue weighted by Gasteiger charge is 2.21. The third-order valence-corrected chi connectivity index (χ3v) is 3.93. The van der Waals surface area contributed by atoms with Gasteiger partial charge in [0, 0.05) is 18.1 Å². The van der Waals surface area contributed by atoms with Crippen molar-refractivity contribution >= 4 is 28.5 Å². The molecule has 0 fully saturated rings. The SMILES string of the molecule is COc1cc(OC)c(C2=NN=C(SCC(=O)O)C2)cc1OC. The number of carboxylic acid groups (broad SMARTS) is 1. The summed E-state index contributed by atoms with van der Waals surface area (Å²) in [5, 5.41) is 17.5. The van der Waals surface area contributed by atoms with Crippen LogP contribution in [0.3, 0.4) is 0 Å². The Balaban J connectivity index is 2.21. The Labute approximate surface area is 132 Å². The van der Waals surface area contributed by atoms with Crippen LogP contribution in [-0.4, -0.2) is 48.9 Å². The molecule has 1 heterocycles. The largest absolute Gasteiger partial charge is 0.496 e. The number of rotatable bonds is 6. The van der Waals surface area contributed by atoms with Gasteiger partial charge in [-0.15, -0.1) is 5.10 Å². The van der Waals surface area contributed by atoms with Gasteiger partial charge in [0.25, 0.3) is 0 Å². The summed E-state index contributed by atoms with van der Waals surface area (Å²) in [6.45, 7) is 0. The first-order valence-electron chi connectivity index (χ1n) is 6.37. The van der Waals surface area contributed by atoms with E-state index in [0.29, 0.717) is 34.4 Å². The number of methoxy groups -OCH3 is 3. The maximum atomic E-state index is 10.6. The van der Waals surface area contributed by atoms with E-state index in [1.165, 1.54) is 0 Å². The van der Waals surface area contributed by atoms with Gasteiger partial charge in [-0.2, -0.15) is 5.10 Å². The smallest absolute Gasteiger partial charge is 0.313 e. The molecule has 0 spiro atoms. The van der Waals surface area contributed by atoms with Crippen LogP contribution in [0.15, 0.2) is 22.3 Å². The zero-order valence-corrected chi connectivity index (χ0v) is 13.3. The van der Waals surface area contributed by atoms with Crippen molar-refractivity contribution in [2.24, 2.45) is 10.2 Å². The fourth-order valence-electron chi connectivity index (χ4n) is 1.96. The van der Waals surface area contributed by atoms with Crippen molar-refractivity contribution < 1.29 is 24.1 Å². The summed E-state index contributed by atoms with van der Waals surface area (Å²) in [5.74, 6) is 0.793. The number of hydrogen-bond acceptors (Lipinski definition) is 7. The Bertz CT molecular complexity index is 642. The second-order valence-electron chi connectivity index (χ2n) is 4.31. The average Bonchev–Trinajstić information content (AvgIpc) is 3.00. The minimum atomic E-state index is -0.884. The maximum Gasteiger partial charge on any atom is 0.313 e. The fourth-order valence-corrected chi connectivity index (χ4v) is 2.59.